The van der Waals surface area contributed by atoms with Gasteiger partial charge in [-0.15, -0.1) is 0 Å². The van der Waals surface area contributed by atoms with Crippen LogP contribution in [-0.4, -0.2) is 38.6 Å². The number of likely N-dealkylation sites (N-methyl/N-ethyl adjacent to an activating group) is 1. The Morgan fingerprint density at radius 1 is 1.21 bits per heavy atom. The predicted molar refractivity (Wildman–Crippen MR) is 62.5 cm³/mol. The lowest BCUT2D eigenvalue weighted by Gasteiger charge is -2.29. The molecule has 14 heavy (non-hydrogen) atoms. The van der Waals surface area contributed by atoms with Gasteiger partial charge < -0.3 is 10.2 Å². The molecule has 0 bridgehead atoms. The van der Waals surface area contributed by atoms with Gasteiger partial charge in [-0.05, 0) is 38.9 Å². The third kappa shape index (κ3) is 4.43. The van der Waals surface area contributed by atoms with E-state index in [4.69, 9.17) is 0 Å². The lowest BCUT2D eigenvalue weighted by molar-refractivity contribution is 0.245. The van der Waals surface area contributed by atoms with Crippen molar-refractivity contribution in [2.75, 3.05) is 33.7 Å². The fourth-order valence-electron chi connectivity index (χ4n) is 2.29. The van der Waals surface area contributed by atoms with Gasteiger partial charge in [-0.3, -0.25) is 0 Å². The zero-order valence-corrected chi connectivity index (χ0v) is 10.1. The van der Waals surface area contributed by atoms with E-state index < -0.39 is 0 Å². The van der Waals surface area contributed by atoms with Gasteiger partial charge in [0.2, 0.25) is 0 Å². The van der Waals surface area contributed by atoms with Gasteiger partial charge in [-0.25, -0.2) is 0 Å². The summed E-state index contributed by atoms with van der Waals surface area (Å²) in [6.07, 6.45) is 5.79. The molecule has 0 radical (unpaired) electrons. The zero-order valence-electron chi connectivity index (χ0n) is 10.1. The summed E-state index contributed by atoms with van der Waals surface area (Å²) >= 11 is 0. The summed E-state index contributed by atoms with van der Waals surface area (Å²) in [5, 5.41) is 3.58. The highest BCUT2D eigenvalue weighted by atomic mass is 15.1. The van der Waals surface area contributed by atoms with E-state index in [1.807, 2.05) is 0 Å². The van der Waals surface area contributed by atoms with Gasteiger partial charge in [0.05, 0.1) is 0 Å². The van der Waals surface area contributed by atoms with E-state index >= 15 is 0 Å². The van der Waals surface area contributed by atoms with E-state index in [9.17, 15) is 0 Å². The van der Waals surface area contributed by atoms with E-state index in [1.54, 1.807) is 0 Å². The van der Waals surface area contributed by atoms with E-state index in [2.05, 4.69) is 31.2 Å². The third-order valence-electron chi connectivity index (χ3n) is 3.43. The maximum Gasteiger partial charge on any atom is 0.0101 e. The molecule has 0 aromatic heterocycles. The minimum atomic E-state index is 0.936. The van der Waals surface area contributed by atoms with Crippen LogP contribution in [0.2, 0.25) is 0 Å². The molecule has 0 aromatic rings. The molecular formula is C12H26N2. The Balaban J connectivity index is 2.04. The minimum absolute atomic E-state index is 0.936. The first kappa shape index (κ1) is 12.0. The minimum Gasteiger partial charge on any atom is -0.315 e. The van der Waals surface area contributed by atoms with E-state index in [1.165, 1.54) is 32.2 Å². The van der Waals surface area contributed by atoms with Crippen LogP contribution in [0.1, 0.15) is 32.6 Å². The molecule has 2 nitrogen and oxygen atoms in total. The van der Waals surface area contributed by atoms with Crippen LogP contribution in [0.15, 0.2) is 0 Å². The van der Waals surface area contributed by atoms with Gasteiger partial charge in [0.15, 0.2) is 0 Å². The molecule has 1 fully saturated rings. The molecule has 1 rings (SSSR count). The van der Waals surface area contributed by atoms with Crippen molar-refractivity contribution in [3.63, 3.8) is 0 Å². The lowest BCUT2D eigenvalue weighted by Crippen LogP contribution is -2.33. The summed E-state index contributed by atoms with van der Waals surface area (Å²) in [7, 11) is 4.26. The molecule has 1 aliphatic rings. The summed E-state index contributed by atoms with van der Waals surface area (Å²) in [6.45, 7) is 5.93. The molecule has 0 saturated heterocycles. The Kier molecular flexibility index (Phi) is 5.49. The Bertz CT molecular complexity index is 145. The molecule has 0 amide bonds. The monoisotopic (exact) mass is 198 g/mol. The first-order valence-electron chi connectivity index (χ1n) is 6.05. The standard InChI is InChI=1S/C12H26N2/c1-11-6-4-5-7-12(11)10-13-8-9-14(2)3/h11-13H,4-10H2,1-3H3. The van der Waals surface area contributed by atoms with Crippen LogP contribution in [0.5, 0.6) is 0 Å². The summed E-state index contributed by atoms with van der Waals surface area (Å²) in [6, 6.07) is 0. The molecule has 1 N–H and O–H groups in total. The van der Waals surface area contributed by atoms with Crippen molar-refractivity contribution in [1.82, 2.24) is 10.2 Å². The summed E-state index contributed by atoms with van der Waals surface area (Å²) in [5.74, 6) is 1.88. The largest absolute Gasteiger partial charge is 0.315 e. The van der Waals surface area contributed by atoms with Gasteiger partial charge in [-0.2, -0.15) is 0 Å². The quantitative estimate of drug-likeness (QED) is 0.679. The van der Waals surface area contributed by atoms with Crippen molar-refractivity contribution < 1.29 is 0 Å². The Morgan fingerprint density at radius 3 is 2.57 bits per heavy atom. The molecular weight excluding hydrogens is 172 g/mol. The Morgan fingerprint density at radius 2 is 1.93 bits per heavy atom. The van der Waals surface area contributed by atoms with Crippen molar-refractivity contribution in [3.05, 3.63) is 0 Å². The van der Waals surface area contributed by atoms with Crippen LogP contribution in [0.4, 0.5) is 0 Å². The maximum absolute atomic E-state index is 3.58. The lowest BCUT2D eigenvalue weighted by atomic mass is 9.80. The van der Waals surface area contributed by atoms with E-state index in [0.29, 0.717) is 0 Å². The Hall–Kier alpha value is -0.0800. The average Bonchev–Trinajstić information content (AvgIpc) is 2.15. The van der Waals surface area contributed by atoms with Gasteiger partial charge in [0, 0.05) is 13.1 Å². The fourth-order valence-corrected chi connectivity index (χ4v) is 2.29. The van der Waals surface area contributed by atoms with Gasteiger partial charge >= 0.3 is 0 Å². The highest BCUT2D eigenvalue weighted by molar-refractivity contribution is 4.74. The summed E-state index contributed by atoms with van der Waals surface area (Å²) in [5.41, 5.74) is 0. The molecule has 0 spiro atoms. The van der Waals surface area contributed by atoms with Crippen LogP contribution in [-0.2, 0) is 0 Å². The van der Waals surface area contributed by atoms with Crippen LogP contribution in [0, 0.1) is 11.8 Å². The second-order valence-corrected chi connectivity index (χ2v) is 5.03. The van der Waals surface area contributed by atoms with Crippen LogP contribution >= 0.6 is 0 Å². The van der Waals surface area contributed by atoms with Crippen LogP contribution in [0.3, 0.4) is 0 Å². The summed E-state index contributed by atoms with van der Waals surface area (Å²) < 4.78 is 0. The van der Waals surface area contributed by atoms with Gasteiger partial charge in [0.1, 0.15) is 0 Å². The smallest absolute Gasteiger partial charge is 0.0101 e. The highest BCUT2D eigenvalue weighted by Crippen LogP contribution is 2.28. The molecule has 2 atom stereocenters. The number of hydrogen-bond acceptors (Lipinski definition) is 2. The normalized spacial score (nSPS) is 28.3. The molecule has 84 valence electrons. The van der Waals surface area contributed by atoms with Crippen molar-refractivity contribution in [2.24, 2.45) is 11.8 Å². The van der Waals surface area contributed by atoms with Crippen molar-refractivity contribution in [1.29, 1.82) is 0 Å². The first-order valence-corrected chi connectivity index (χ1v) is 6.05. The fraction of sp³-hybridized carbons (Fsp3) is 1.00. The van der Waals surface area contributed by atoms with Crippen LogP contribution < -0.4 is 5.32 Å². The topological polar surface area (TPSA) is 15.3 Å². The number of nitrogens with zero attached hydrogens (tertiary/aromatic N) is 1. The van der Waals surface area contributed by atoms with Crippen molar-refractivity contribution in [3.8, 4) is 0 Å². The molecule has 1 saturated carbocycles. The second-order valence-electron chi connectivity index (χ2n) is 5.03. The highest BCUT2D eigenvalue weighted by Gasteiger charge is 2.20. The van der Waals surface area contributed by atoms with E-state index in [-0.39, 0.29) is 0 Å². The second kappa shape index (κ2) is 6.41. The molecule has 0 heterocycles. The summed E-state index contributed by atoms with van der Waals surface area (Å²) in [4.78, 5) is 2.23. The molecule has 0 aliphatic heterocycles. The molecule has 2 heteroatoms. The third-order valence-corrected chi connectivity index (χ3v) is 3.43. The SMILES string of the molecule is CC1CCCCC1CNCCN(C)C. The van der Waals surface area contributed by atoms with Crippen molar-refractivity contribution in [2.45, 2.75) is 32.6 Å². The predicted octanol–water partition coefficient (Wildman–Crippen LogP) is 1.96. The van der Waals surface area contributed by atoms with Crippen LogP contribution in [0.25, 0.3) is 0 Å². The number of nitrogens with one attached hydrogen (secondary N) is 1. The number of hydrogen-bond donors (Lipinski definition) is 1. The molecule has 2 unspecified atom stereocenters. The average molecular weight is 198 g/mol. The van der Waals surface area contributed by atoms with Gasteiger partial charge in [0.25, 0.3) is 0 Å². The first-order chi connectivity index (χ1) is 6.70. The van der Waals surface area contributed by atoms with E-state index in [0.717, 1.165) is 24.9 Å². The zero-order chi connectivity index (χ0) is 10.4. The maximum atomic E-state index is 3.58. The molecule has 1 aliphatic carbocycles. The molecule has 0 aromatic carbocycles. The van der Waals surface area contributed by atoms with Gasteiger partial charge in [-0.1, -0.05) is 26.2 Å². The number of rotatable bonds is 5. The Labute approximate surface area is 89.1 Å². The van der Waals surface area contributed by atoms with Crippen molar-refractivity contribution >= 4 is 0 Å².